The standard InChI is InChI=1S/C15H14ClN3O/c16-12-5-3-11(4-6-12)14-7-9-19(14)15(20)18-13-2-1-8-17-10-13/h1-6,8,10,14H,7,9H2,(H,18,20). The van der Waals surface area contributed by atoms with Crippen molar-refractivity contribution in [2.45, 2.75) is 12.5 Å². The molecule has 1 saturated heterocycles. The van der Waals surface area contributed by atoms with Gasteiger partial charge in [-0.25, -0.2) is 4.79 Å². The van der Waals surface area contributed by atoms with Crippen LogP contribution in [0.4, 0.5) is 10.5 Å². The molecule has 3 rings (SSSR count). The van der Waals surface area contributed by atoms with E-state index in [-0.39, 0.29) is 12.1 Å². The van der Waals surface area contributed by atoms with Crippen LogP contribution >= 0.6 is 11.6 Å². The summed E-state index contributed by atoms with van der Waals surface area (Å²) in [5.41, 5.74) is 1.82. The zero-order chi connectivity index (χ0) is 13.9. The van der Waals surface area contributed by atoms with Gasteiger partial charge in [0, 0.05) is 17.8 Å². The highest BCUT2D eigenvalue weighted by molar-refractivity contribution is 6.30. The summed E-state index contributed by atoms with van der Waals surface area (Å²) in [6.45, 7) is 0.763. The van der Waals surface area contributed by atoms with Crippen molar-refractivity contribution in [1.29, 1.82) is 0 Å². The van der Waals surface area contributed by atoms with Crippen molar-refractivity contribution in [3.05, 3.63) is 59.4 Å². The molecule has 1 fully saturated rings. The van der Waals surface area contributed by atoms with Crippen molar-refractivity contribution in [3.8, 4) is 0 Å². The molecule has 0 saturated carbocycles. The van der Waals surface area contributed by atoms with E-state index in [1.54, 1.807) is 18.5 Å². The molecule has 0 radical (unpaired) electrons. The van der Waals surface area contributed by atoms with Gasteiger partial charge in [-0.3, -0.25) is 4.98 Å². The van der Waals surface area contributed by atoms with Gasteiger partial charge < -0.3 is 10.2 Å². The number of benzene rings is 1. The molecule has 1 atom stereocenters. The Morgan fingerprint density at radius 2 is 2.10 bits per heavy atom. The summed E-state index contributed by atoms with van der Waals surface area (Å²) < 4.78 is 0. The first-order valence-corrected chi connectivity index (χ1v) is 6.85. The Labute approximate surface area is 122 Å². The summed E-state index contributed by atoms with van der Waals surface area (Å²) in [6, 6.07) is 11.3. The van der Waals surface area contributed by atoms with E-state index >= 15 is 0 Å². The second-order valence-electron chi connectivity index (χ2n) is 4.72. The molecule has 1 N–H and O–H groups in total. The van der Waals surface area contributed by atoms with Gasteiger partial charge in [0.1, 0.15) is 0 Å². The van der Waals surface area contributed by atoms with Gasteiger partial charge in [0.15, 0.2) is 0 Å². The topological polar surface area (TPSA) is 45.2 Å². The number of likely N-dealkylation sites (tertiary alicyclic amines) is 1. The molecule has 2 aromatic rings. The minimum atomic E-state index is -0.0933. The van der Waals surface area contributed by atoms with E-state index in [2.05, 4.69) is 10.3 Å². The lowest BCUT2D eigenvalue weighted by Gasteiger charge is -2.41. The number of urea groups is 1. The first-order chi connectivity index (χ1) is 9.74. The number of anilines is 1. The van der Waals surface area contributed by atoms with Crippen molar-refractivity contribution in [2.75, 3.05) is 11.9 Å². The number of hydrogen-bond acceptors (Lipinski definition) is 2. The largest absolute Gasteiger partial charge is 0.322 e. The van der Waals surface area contributed by atoms with Gasteiger partial charge in [-0.15, -0.1) is 0 Å². The van der Waals surface area contributed by atoms with E-state index < -0.39 is 0 Å². The number of carbonyl (C=O) groups is 1. The Bertz CT molecular complexity index is 600. The molecule has 1 unspecified atom stereocenters. The van der Waals surface area contributed by atoms with E-state index in [9.17, 15) is 4.79 Å². The Morgan fingerprint density at radius 3 is 2.70 bits per heavy atom. The molecule has 1 aromatic heterocycles. The van der Waals surface area contributed by atoms with Gasteiger partial charge >= 0.3 is 6.03 Å². The second-order valence-corrected chi connectivity index (χ2v) is 5.16. The SMILES string of the molecule is O=C(Nc1cccnc1)N1CCC1c1ccc(Cl)cc1. The Hall–Kier alpha value is -2.07. The number of halogens is 1. The lowest BCUT2D eigenvalue weighted by atomic mass is 9.95. The van der Waals surface area contributed by atoms with Crippen LogP contribution in [-0.2, 0) is 0 Å². The van der Waals surface area contributed by atoms with Crippen LogP contribution in [0.5, 0.6) is 0 Å². The van der Waals surface area contributed by atoms with Gasteiger partial charge in [0.25, 0.3) is 0 Å². The fraction of sp³-hybridized carbons (Fsp3) is 0.200. The zero-order valence-electron chi connectivity index (χ0n) is 10.8. The number of aromatic nitrogens is 1. The molecular weight excluding hydrogens is 274 g/mol. The second kappa shape index (κ2) is 5.51. The highest BCUT2D eigenvalue weighted by atomic mass is 35.5. The van der Waals surface area contributed by atoms with E-state index in [1.807, 2.05) is 35.2 Å². The van der Waals surface area contributed by atoms with Crippen molar-refractivity contribution in [2.24, 2.45) is 0 Å². The summed E-state index contributed by atoms with van der Waals surface area (Å²) in [6.07, 6.45) is 4.28. The van der Waals surface area contributed by atoms with Gasteiger partial charge in [0.2, 0.25) is 0 Å². The van der Waals surface area contributed by atoms with Gasteiger partial charge in [-0.05, 0) is 36.2 Å². The van der Waals surface area contributed by atoms with E-state index in [1.165, 1.54) is 0 Å². The van der Waals surface area contributed by atoms with Crippen molar-refractivity contribution in [1.82, 2.24) is 9.88 Å². The number of nitrogens with one attached hydrogen (secondary N) is 1. The van der Waals surface area contributed by atoms with Gasteiger partial charge in [0.05, 0.1) is 17.9 Å². The average molecular weight is 288 g/mol. The molecule has 4 nitrogen and oxygen atoms in total. The molecule has 0 aliphatic carbocycles. The minimum absolute atomic E-state index is 0.0933. The molecule has 1 aromatic carbocycles. The molecule has 20 heavy (non-hydrogen) atoms. The van der Waals surface area contributed by atoms with Crippen LogP contribution in [0.2, 0.25) is 5.02 Å². The Morgan fingerprint density at radius 1 is 1.30 bits per heavy atom. The predicted molar refractivity (Wildman–Crippen MR) is 78.8 cm³/mol. The van der Waals surface area contributed by atoms with E-state index in [0.29, 0.717) is 10.7 Å². The van der Waals surface area contributed by atoms with Gasteiger partial charge in [-0.2, -0.15) is 0 Å². The molecule has 0 spiro atoms. The molecule has 1 aliphatic rings. The molecule has 5 heteroatoms. The third-order valence-corrected chi connectivity index (χ3v) is 3.70. The maximum atomic E-state index is 12.2. The summed E-state index contributed by atoms with van der Waals surface area (Å²) in [7, 11) is 0. The van der Waals surface area contributed by atoms with Crippen LogP contribution in [0, 0.1) is 0 Å². The first-order valence-electron chi connectivity index (χ1n) is 6.47. The van der Waals surface area contributed by atoms with Crippen molar-refractivity contribution in [3.63, 3.8) is 0 Å². The Kier molecular flexibility index (Phi) is 3.56. The van der Waals surface area contributed by atoms with Crippen LogP contribution in [0.3, 0.4) is 0 Å². The average Bonchev–Trinajstić information content (AvgIpc) is 2.41. The highest BCUT2D eigenvalue weighted by Crippen LogP contribution is 2.34. The fourth-order valence-corrected chi connectivity index (χ4v) is 2.42. The van der Waals surface area contributed by atoms with Crippen LogP contribution in [0.15, 0.2) is 48.8 Å². The number of rotatable bonds is 2. The van der Waals surface area contributed by atoms with E-state index in [0.717, 1.165) is 18.5 Å². The van der Waals surface area contributed by atoms with Crippen molar-refractivity contribution < 1.29 is 4.79 Å². The molecular formula is C15H14ClN3O. The predicted octanol–water partition coefficient (Wildman–Crippen LogP) is 3.71. The lowest BCUT2D eigenvalue weighted by molar-refractivity contribution is 0.126. The normalized spacial score (nSPS) is 17.4. The first kappa shape index (κ1) is 12.9. The third kappa shape index (κ3) is 2.60. The van der Waals surface area contributed by atoms with Gasteiger partial charge in [-0.1, -0.05) is 23.7 Å². The fourth-order valence-electron chi connectivity index (χ4n) is 2.29. The third-order valence-electron chi connectivity index (χ3n) is 3.45. The molecule has 102 valence electrons. The Balaban J connectivity index is 1.68. The lowest BCUT2D eigenvalue weighted by Crippen LogP contribution is -2.47. The molecule has 2 amide bonds. The summed E-state index contributed by atoms with van der Waals surface area (Å²) in [4.78, 5) is 18.0. The van der Waals surface area contributed by atoms with Crippen LogP contribution < -0.4 is 5.32 Å². The summed E-state index contributed by atoms with van der Waals surface area (Å²) in [5, 5.41) is 3.56. The van der Waals surface area contributed by atoms with Crippen LogP contribution in [0.1, 0.15) is 18.0 Å². The minimum Gasteiger partial charge on any atom is -0.317 e. The molecule has 2 heterocycles. The number of hydrogen-bond donors (Lipinski definition) is 1. The summed E-state index contributed by atoms with van der Waals surface area (Å²) in [5.74, 6) is 0. The zero-order valence-corrected chi connectivity index (χ0v) is 11.5. The molecule has 1 aliphatic heterocycles. The maximum Gasteiger partial charge on any atom is 0.322 e. The smallest absolute Gasteiger partial charge is 0.317 e. The number of pyridine rings is 1. The quantitative estimate of drug-likeness (QED) is 0.915. The number of carbonyl (C=O) groups excluding carboxylic acids is 1. The monoisotopic (exact) mass is 287 g/mol. The summed E-state index contributed by atoms with van der Waals surface area (Å²) >= 11 is 5.88. The van der Waals surface area contributed by atoms with Crippen molar-refractivity contribution >= 4 is 23.3 Å². The number of amides is 2. The maximum absolute atomic E-state index is 12.2. The molecule has 0 bridgehead atoms. The van der Waals surface area contributed by atoms with Crippen LogP contribution in [-0.4, -0.2) is 22.5 Å². The van der Waals surface area contributed by atoms with Crippen LogP contribution in [0.25, 0.3) is 0 Å². The number of nitrogens with zero attached hydrogens (tertiary/aromatic N) is 2. The highest BCUT2D eigenvalue weighted by Gasteiger charge is 2.33. The van der Waals surface area contributed by atoms with E-state index in [4.69, 9.17) is 11.6 Å².